The molecule has 2 rings (SSSR count). The first kappa shape index (κ1) is 14.8. The van der Waals surface area contributed by atoms with Gasteiger partial charge in [0.2, 0.25) is 0 Å². The lowest BCUT2D eigenvalue weighted by molar-refractivity contribution is 0.205. The molecule has 5 heteroatoms. The maximum absolute atomic E-state index is 6.30. The minimum atomic E-state index is 0.145. The fourth-order valence-corrected chi connectivity index (χ4v) is 3.88. The first-order valence-electron chi connectivity index (χ1n) is 6.96. The molecular weight excluding hydrogens is 258 g/mol. The molecule has 0 saturated heterocycles. The number of likely N-dealkylation sites (N-methyl/N-ethyl adjacent to an activating group) is 1. The van der Waals surface area contributed by atoms with E-state index in [1.54, 1.807) is 18.4 Å². The van der Waals surface area contributed by atoms with Crippen molar-refractivity contribution in [1.82, 2.24) is 4.98 Å². The molecule has 0 spiro atoms. The topological polar surface area (TPSA) is 51.4 Å². The van der Waals surface area contributed by atoms with Crippen LogP contribution in [0.3, 0.4) is 0 Å². The summed E-state index contributed by atoms with van der Waals surface area (Å²) in [5.41, 5.74) is 7.78. The van der Waals surface area contributed by atoms with Crippen LogP contribution < -0.4 is 10.6 Å². The third-order valence-electron chi connectivity index (χ3n) is 3.69. The zero-order valence-electron chi connectivity index (χ0n) is 12.4. The third kappa shape index (κ3) is 3.27. The third-order valence-corrected chi connectivity index (χ3v) is 4.98. The Morgan fingerprint density at radius 3 is 2.89 bits per heavy atom. The molecule has 0 amide bonds. The van der Waals surface area contributed by atoms with Crippen LogP contribution in [0.1, 0.15) is 43.8 Å². The largest absolute Gasteiger partial charge is 0.383 e. The quantitative estimate of drug-likeness (QED) is 0.902. The number of methoxy groups -OCH3 is 1. The minimum Gasteiger partial charge on any atom is -0.383 e. The lowest BCUT2D eigenvalue weighted by Crippen LogP contribution is -2.29. The standard InChI is InChI=1S/C14H25N3OS/c1-5-17(6-7-18-4)13-16-11-9-14(2,3)8-10(15)12(11)19-13/h10H,5-9,15H2,1-4H3. The Labute approximate surface area is 120 Å². The Balaban J connectivity index is 2.21. The summed E-state index contributed by atoms with van der Waals surface area (Å²) in [5, 5.41) is 1.10. The highest BCUT2D eigenvalue weighted by Gasteiger charge is 2.33. The summed E-state index contributed by atoms with van der Waals surface area (Å²) in [7, 11) is 1.74. The average Bonchev–Trinajstić information content (AvgIpc) is 2.72. The van der Waals surface area contributed by atoms with Crippen molar-refractivity contribution in [2.45, 2.75) is 39.7 Å². The second-order valence-corrected chi connectivity index (χ2v) is 7.04. The van der Waals surface area contributed by atoms with Crippen LogP contribution in [0.25, 0.3) is 0 Å². The molecule has 1 atom stereocenters. The van der Waals surface area contributed by atoms with Gasteiger partial charge in [-0.2, -0.15) is 0 Å². The predicted octanol–water partition coefficient (Wildman–Crippen LogP) is 2.59. The summed E-state index contributed by atoms with van der Waals surface area (Å²) in [6.45, 7) is 9.27. The van der Waals surface area contributed by atoms with Crippen LogP contribution in [-0.2, 0) is 11.2 Å². The van der Waals surface area contributed by atoms with E-state index in [-0.39, 0.29) is 11.5 Å². The van der Waals surface area contributed by atoms with E-state index in [9.17, 15) is 0 Å². The van der Waals surface area contributed by atoms with Crippen molar-refractivity contribution >= 4 is 16.5 Å². The molecule has 0 aliphatic heterocycles. The summed E-state index contributed by atoms with van der Waals surface area (Å²) in [4.78, 5) is 8.38. The monoisotopic (exact) mass is 283 g/mol. The number of hydrogen-bond acceptors (Lipinski definition) is 5. The number of nitrogens with zero attached hydrogens (tertiary/aromatic N) is 2. The lowest BCUT2D eigenvalue weighted by atomic mass is 9.77. The summed E-state index contributed by atoms with van der Waals surface area (Å²) in [5.74, 6) is 0. The lowest BCUT2D eigenvalue weighted by Gasteiger charge is -2.32. The summed E-state index contributed by atoms with van der Waals surface area (Å²) >= 11 is 1.76. The highest BCUT2D eigenvalue weighted by molar-refractivity contribution is 7.15. The first-order valence-corrected chi connectivity index (χ1v) is 7.77. The number of thiazole rings is 1. The highest BCUT2D eigenvalue weighted by Crippen LogP contribution is 2.43. The van der Waals surface area contributed by atoms with Gasteiger partial charge >= 0.3 is 0 Å². The SMILES string of the molecule is CCN(CCOC)c1nc2c(s1)C(N)CC(C)(C)C2. The van der Waals surface area contributed by atoms with Crippen molar-refractivity contribution in [3.05, 3.63) is 10.6 Å². The molecule has 0 bridgehead atoms. The smallest absolute Gasteiger partial charge is 0.185 e. The Bertz CT molecular complexity index is 430. The Morgan fingerprint density at radius 2 is 2.26 bits per heavy atom. The van der Waals surface area contributed by atoms with Gasteiger partial charge in [0.15, 0.2) is 5.13 Å². The molecule has 1 unspecified atom stereocenters. The van der Waals surface area contributed by atoms with Gasteiger partial charge in [0, 0.05) is 31.1 Å². The number of fused-ring (bicyclic) bond motifs is 1. The van der Waals surface area contributed by atoms with E-state index in [0.717, 1.165) is 37.7 Å². The van der Waals surface area contributed by atoms with Gasteiger partial charge in [-0.3, -0.25) is 0 Å². The van der Waals surface area contributed by atoms with Crippen molar-refractivity contribution in [2.75, 3.05) is 31.7 Å². The van der Waals surface area contributed by atoms with E-state index in [2.05, 4.69) is 25.7 Å². The van der Waals surface area contributed by atoms with Crippen LogP contribution >= 0.6 is 11.3 Å². The molecule has 2 N–H and O–H groups in total. The fourth-order valence-electron chi connectivity index (χ4n) is 2.71. The molecule has 0 aromatic carbocycles. The van der Waals surface area contributed by atoms with Crippen molar-refractivity contribution in [3.63, 3.8) is 0 Å². The maximum Gasteiger partial charge on any atom is 0.185 e. The van der Waals surface area contributed by atoms with E-state index in [1.165, 1.54) is 10.6 Å². The molecule has 0 saturated carbocycles. The fraction of sp³-hybridized carbons (Fsp3) is 0.786. The van der Waals surface area contributed by atoms with Crippen molar-refractivity contribution in [2.24, 2.45) is 11.1 Å². The van der Waals surface area contributed by atoms with E-state index in [4.69, 9.17) is 15.5 Å². The molecule has 0 fully saturated rings. The van der Waals surface area contributed by atoms with Gasteiger partial charge in [-0.15, -0.1) is 0 Å². The predicted molar refractivity (Wildman–Crippen MR) is 80.9 cm³/mol. The van der Waals surface area contributed by atoms with Crippen molar-refractivity contribution < 1.29 is 4.74 Å². The van der Waals surface area contributed by atoms with Gasteiger partial charge in [-0.1, -0.05) is 25.2 Å². The van der Waals surface area contributed by atoms with Gasteiger partial charge in [0.1, 0.15) is 0 Å². The van der Waals surface area contributed by atoms with E-state index < -0.39 is 0 Å². The molecule has 1 aliphatic rings. The number of ether oxygens (including phenoxy) is 1. The Morgan fingerprint density at radius 1 is 1.53 bits per heavy atom. The van der Waals surface area contributed by atoms with Crippen LogP contribution in [0.15, 0.2) is 0 Å². The van der Waals surface area contributed by atoms with E-state index in [1.807, 2.05) is 0 Å². The summed E-state index contributed by atoms with van der Waals surface area (Å²) < 4.78 is 5.16. The zero-order chi connectivity index (χ0) is 14.0. The molecule has 1 aromatic heterocycles. The van der Waals surface area contributed by atoms with Crippen LogP contribution in [-0.4, -0.2) is 31.8 Å². The number of hydrogen-bond donors (Lipinski definition) is 1. The first-order chi connectivity index (χ1) is 8.96. The number of rotatable bonds is 5. The number of aromatic nitrogens is 1. The molecule has 19 heavy (non-hydrogen) atoms. The Hall–Kier alpha value is -0.650. The Kier molecular flexibility index (Phi) is 4.48. The van der Waals surface area contributed by atoms with Crippen molar-refractivity contribution in [3.8, 4) is 0 Å². The van der Waals surface area contributed by atoms with Crippen LogP contribution in [0, 0.1) is 5.41 Å². The summed E-state index contributed by atoms with van der Waals surface area (Å²) in [6.07, 6.45) is 2.08. The highest BCUT2D eigenvalue weighted by atomic mass is 32.1. The van der Waals surface area contributed by atoms with Gasteiger partial charge in [0.05, 0.1) is 12.3 Å². The average molecular weight is 283 g/mol. The number of nitrogens with two attached hydrogens (primary N) is 1. The molecule has 0 radical (unpaired) electrons. The molecule has 108 valence electrons. The van der Waals surface area contributed by atoms with Crippen molar-refractivity contribution in [1.29, 1.82) is 0 Å². The molecule has 1 aliphatic carbocycles. The molecule has 1 heterocycles. The van der Waals surface area contributed by atoms with Crippen LogP contribution in [0.4, 0.5) is 5.13 Å². The molecule has 1 aromatic rings. The van der Waals surface area contributed by atoms with Gasteiger partial charge in [-0.05, 0) is 25.2 Å². The summed E-state index contributed by atoms with van der Waals surface area (Å²) in [6, 6.07) is 0.145. The van der Waals surface area contributed by atoms with Crippen LogP contribution in [0.2, 0.25) is 0 Å². The maximum atomic E-state index is 6.30. The molecule has 4 nitrogen and oxygen atoms in total. The van der Waals surface area contributed by atoms with E-state index in [0.29, 0.717) is 0 Å². The van der Waals surface area contributed by atoms with Gasteiger partial charge < -0.3 is 15.4 Å². The normalized spacial score (nSPS) is 21.2. The molecular formula is C14H25N3OS. The van der Waals surface area contributed by atoms with Gasteiger partial charge in [0.25, 0.3) is 0 Å². The minimum absolute atomic E-state index is 0.145. The second kappa shape index (κ2) is 5.77. The van der Waals surface area contributed by atoms with Gasteiger partial charge in [-0.25, -0.2) is 4.98 Å². The van der Waals surface area contributed by atoms with E-state index >= 15 is 0 Å². The second-order valence-electron chi connectivity index (χ2n) is 6.03. The zero-order valence-corrected chi connectivity index (χ0v) is 13.2. The number of anilines is 1. The van der Waals surface area contributed by atoms with Crippen LogP contribution in [0.5, 0.6) is 0 Å².